The van der Waals surface area contributed by atoms with Crippen molar-refractivity contribution in [3.8, 4) is 0 Å². The third kappa shape index (κ3) is 6.50. The Morgan fingerprint density at radius 2 is 1.63 bits per heavy atom. The number of hydrogen-bond acceptors (Lipinski definition) is 5. The van der Waals surface area contributed by atoms with E-state index in [9.17, 15) is 13.2 Å². The molecule has 0 bridgehead atoms. The van der Waals surface area contributed by atoms with Gasteiger partial charge in [-0.2, -0.15) is 4.31 Å². The number of rotatable bonds is 7. The number of nitrogens with zero attached hydrogens (tertiary/aromatic N) is 3. The fourth-order valence-corrected chi connectivity index (χ4v) is 6.92. The topological polar surface area (TPSA) is 73.0 Å². The van der Waals surface area contributed by atoms with Gasteiger partial charge in [0.25, 0.3) is 5.91 Å². The van der Waals surface area contributed by atoms with E-state index in [4.69, 9.17) is 0 Å². The highest BCUT2D eigenvalue weighted by atomic mass is 32.2. The van der Waals surface area contributed by atoms with Crippen molar-refractivity contribution in [2.24, 2.45) is 11.8 Å². The second-order valence-electron chi connectivity index (χ2n) is 10.3. The van der Waals surface area contributed by atoms with Crippen LogP contribution >= 0.6 is 0 Å². The minimum Gasteiger partial charge on any atom is -0.344 e. The first-order valence-corrected chi connectivity index (χ1v) is 14.0. The Morgan fingerprint density at radius 3 is 2.29 bits per heavy atom. The van der Waals surface area contributed by atoms with E-state index in [1.54, 1.807) is 22.5 Å². The van der Waals surface area contributed by atoms with Crippen molar-refractivity contribution in [1.29, 1.82) is 0 Å². The van der Waals surface area contributed by atoms with Gasteiger partial charge in [0, 0.05) is 51.4 Å². The zero-order valence-corrected chi connectivity index (χ0v) is 21.9. The van der Waals surface area contributed by atoms with Gasteiger partial charge in [0.1, 0.15) is 0 Å². The van der Waals surface area contributed by atoms with Crippen molar-refractivity contribution >= 4 is 15.9 Å². The SMILES string of the molecule is CC1CC(C)CN(S(=O)(=O)c2cccc(C(=O)NC(CN3CCN(C)CC3)c3ccccc3)c2)C1. The lowest BCUT2D eigenvalue weighted by molar-refractivity contribution is 0.0907. The summed E-state index contributed by atoms with van der Waals surface area (Å²) in [7, 11) is -1.53. The van der Waals surface area contributed by atoms with Gasteiger partial charge in [-0.05, 0) is 49.1 Å². The molecular weight excluding hydrogens is 460 g/mol. The van der Waals surface area contributed by atoms with Crippen molar-refractivity contribution < 1.29 is 13.2 Å². The molecule has 0 spiro atoms. The summed E-state index contributed by atoms with van der Waals surface area (Å²) in [6.07, 6.45) is 1.03. The van der Waals surface area contributed by atoms with Crippen LogP contribution in [0.15, 0.2) is 59.5 Å². The van der Waals surface area contributed by atoms with Crippen molar-refractivity contribution in [2.45, 2.75) is 31.2 Å². The monoisotopic (exact) mass is 498 g/mol. The minimum absolute atomic E-state index is 0.182. The van der Waals surface area contributed by atoms with Crippen molar-refractivity contribution in [3.63, 3.8) is 0 Å². The molecule has 1 N–H and O–H groups in total. The molecule has 0 radical (unpaired) electrons. The van der Waals surface area contributed by atoms with Gasteiger partial charge >= 0.3 is 0 Å². The number of piperidine rings is 1. The maximum atomic E-state index is 13.4. The third-order valence-corrected chi connectivity index (χ3v) is 8.94. The average Bonchev–Trinajstić information content (AvgIpc) is 2.85. The molecule has 2 aliphatic heterocycles. The van der Waals surface area contributed by atoms with E-state index in [-0.39, 0.29) is 16.8 Å². The van der Waals surface area contributed by atoms with E-state index in [1.807, 2.05) is 30.3 Å². The second kappa shape index (κ2) is 11.2. The summed E-state index contributed by atoms with van der Waals surface area (Å²) >= 11 is 0. The third-order valence-electron chi connectivity index (χ3n) is 7.11. The van der Waals surface area contributed by atoms with Gasteiger partial charge < -0.3 is 10.2 Å². The van der Waals surface area contributed by atoms with Crippen LogP contribution in [0.2, 0.25) is 0 Å². The lowest BCUT2D eigenvalue weighted by Crippen LogP contribution is -2.47. The van der Waals surface area contributed by atoms with Gasteiger partial charge in [0.05, 0.1) is 10.9 Å². The van der Waals surface area contributed by atoms with Crippen LogP contribution in [0.4, 0.5) is 0 Å². The predicted molar refractivity (Wildman–Crippen MR) is 139 cm³/mol. The highest BCUT2D eigenvalue weighted by Gasteiger charge is 2.32. The van der Waals surface area contributed by atoms with Crippen molar-refractivity contribution in [1.82, 2.24) is 19.4 Å². The molecule has 3 unspecified atom stereocenters. The normalized spacial score (nSPS) is 23.6. The van der Waals surface area contributed by atoms with Crippen LogP contribution in [0, 0.1) is 11.8 Å². The number of sulfonamides is 1. The molecule has 2 saturated heterocycles. The van der Waals surface area contributed by atoms with Gasteiger partial charge in [0.15, 0.2) is 0 Å². The standard InChI is InChI=1S/C27H38N4O3S/c1-21-16-22(2)19-31(18-21)35(33,34)25-11-7-10-24(17-25)27(32)28-26(23-8-5-4-6-9-23)20-30-14-12-29(3)13-15-30/h4-11,17,21-22,26H,12-16,18-20H2,1-3H3,(H,28,32). The molecule has 2 heterocycles. The zero-order valence-electron chi connectivity index (χ0n) is 21.1. The summed E-state index contributed by atoms with van der Waals surface area (Å²) in [5.41, 5.74) is 1.41. The largest absolute Gasteiger partial charge is 0.344 e. The Kier molecular flexibility index (Phi) is 8.27. The van der Waals surface area contributed by atoms with Crippen molar-refractivity contribution in [2.75, 3.05) is 52.9 Å². The van der Waals surface area contributed by atoms with Gasteiger partial charge in [0.2, 0.25) is 10.0 Å². The van der Waals surface area contributed by atoms with Gasteiger partial charge in [-0.15, -0.1) is 0 Å². The summed E-state index contributed by atoms with van der Waals surface area (Å²) in [4.78, 5) is 18.2. The second-order valence-corrected chi connectivity index (χ2v) is 12.3. The number of amides is 1. The Balaban J connectivity index is 1.52. The van der Waals surface area contributed by atoms with Gasteiger partial charge in [-0.1, -0.05) is 50.2 Å². The van der Waals surface area contributed by atoms with Crippen LogP contribution < -0.4 is 5.32 Å². The molecule has 190 valence electrons. The molecule has 8 heteroatoms. The number of carbonyl (C=O) groups excluding carboxylic acids is 1. The van der Waals surface area contributed by atoms with Crippen LogP contribution in [0.1, 0.15) is 42.2 Å². The van der Waals surface area contributed by atoms with E-state index in [2.05, 4.69) is 36.0 Å². The first-order chi connectivity index (χ1) is 16.7. The summed E-state index contributed by atoms with van der Waals surface area (Å²) in [5, 5.41) is 3.18. The van der Waals surface area contributed by atoms with E-state index in [0.29, 0.717) is 37.0 Å². The molecule has 35 heavy (non-hydrogen) atoms. The van der Waals surface area contributed by atoms with Gasteiger partial charge in [-0.3, -0.25) is 9.69 Å². The van der Waals surface area contributed by atoms with Gasteiger partial charge in [-0.25, -0.2) is 8.42 Å². The molecular formula is C27H38N4O3S. The number of carbonyl (C=O) groups is 1. The van der Waals surface area contributed by atoms with E-state index < -0.39 is 10.0 Å². The predicted octanol–water partition coefficient (Wildman–Crippen LogP) is 3.07. The van der Waals surface area contributed by atoms with E-state index >= 15 is 0 Å². The average molecular weight is 499 g/mol. The lowest BCUT2D eigenvalue weighted by Gasteiger charge is -2.35. The number of benzene rings is 2. The van der Waals surface area contributed by atoms with Crippen LogP contribution in [0.25, 0.3) is 0 Å². The number of hydrogen-bond donors (Lipinski definition) is 1. The highest BCUT2D eigenvalue weighted by Crippen LogP contribution is 2.27. The highest BCUT2D eigenvalue weighted by molar-refractivity contribution is 7.89. The molecule has 2 aliphatic rings. The molecule has 4 rings (SSSR count). The number of piperazine rings is 1. The molecule has 1 amide bonds. The first kappa shape index (κ1) is 25.8. The summed E-state index contributed by atoms with van der Waals surface area (Å²) < 4.78 is 28.3. The molecule has 2 aromatic carbocycles. The van der Waals surface area contributed by atoms with Crippen molar-refractivity contribution in [3.05, 3.63) is 65.7 Å². The maximum absolute atomic E-state index is 13.4. The minimum atomic E-state index is -3.65. The fraction of sp³-hybridized carbons (Fsp3) is 0.519. The molecule has 2 fully saturated rings. The zero-order chi connectivity index (χ0) is 25.0. The fourth-order valence-electron chi connectivity index (χ4n) is 5.20. The summed E-state index contributed by atoms with van der Waals surface area (Å²) in [6.45, 7) is 9.84. The van der Waals surface area contributed by atoms with Crippen LogP contribution in [0.3, 0.4) is 0 Å². The molecule has 0 saturated carbocycles. The number of likely N-dealkylation sites (N-methyl/N-ethyl adjacent to an activating group) is 1. The van der Waals surface area contributed by atoms with Crippen LogP contribution in [-0.4, -0.2) is 81.3 Å². The quantitative estimate of drug-likeness (QED) is 0.635. The molecule has 7 nitrogen and oxygen atoms in total. The summed E-state index contributed by atoms with van der Waals surface area (Å²) in [6, 6.07) is 16.3. The Bertz CT molecular complexity index is 1090. The van der Waals surface area contributed by atoms with E-state index in [0.717, 1.165) is 38.2 Å². The smallest absolute Gasteiger partial charge is 0.251 e. The Labute approximate surface area is 210 Å². The van der Waals surface area contributed by atoms with E-state index in [1.165, 1.54) is 6.07 Å². The molecule has 3 atom stereocenters. The number of nitrogens with one attached hydrogen (secondary N) is 1. The lowest BCUT2D eigenvalue weighted by atomic mass is 9.94. The first-order valence-electron chi connectivity index (χ1n) is 12.6. The molecule has 0 aliphatic carbocycles. The molecule has 2 aromatic rings. The Morgan fingerprint density at radius 1 is 0.971 bits per heavy atom. The maximum Gasteiger partial charge on any atom is 0.251 e. The Hall–Kier alpha value is -2.26. The summed E-state index contributed by atoms with van der Waals surface area (Å²) in [5.74, 6) is 0.382. The molecule has 0 aromatic heterocycles. The van der Waals surface area contributed by atoms with Crippen LogP contribution in [0.5, 0.6) is 0 Å². The van der Waals surface area contributed by atoms with Crippen LogP contribution in [-0.2, 0) is 10.0 Å².